The van der Waals surface area contributed by atoms with Gasteiger partial charge in [0.15, 0.2) is 0 Å². The van der Waals surface area contributed by atoms with Gasteiger partial charge in [-0.1, -0.05) is 18.0 Å². The van der Waals surface area contributed by atoms with Crippen molar-refractivity contribution in [2.75, 3.05) is 12.0 Å². The summed E-state index contributed by atoms with van der Waals surface area (Å²) in [5.41, 5.74) is 6.31. The van der Waals surface area contributed by atoms with Crippen LogP contribution in [0.15, 0.2) is 23.1 Å². The summed E-state index contributed by atoms with van der Waals surface area (Å²) in [6.07, 6.45) is 4.83. The number of rotatable bonds is 3. The topological polar surface area (TPSA) is 60.2 Å². The van der Waals surface area contributed by atoms with Gasteiger partial charge in [0.05, 0.1) is 10.3 Å². The molecule has 0 spiro atoms. The number of thioether (sulfide) groups is 1. The maximum absolute atomic E-state index is 11.6. The summed E-state index contributed by atoms with van der Waals surface area (Å²) in [7, 11) is -2.93. The van der Waals surface area contributed by atoms with Crippen LogP contribution in [-0.4, -0.2) is 25.2 Å². The summed E-state index contributed by atoms with van der Waals surface area (Å²) in [4.78, 5) is 0.981. The fourth-order valence-electron chi connectivity index (χ4n) is 2.39. The number of halogens is 1. The molecule has 6 heteroatoms. The lowest BCUT2D eigenvalue weighted by molar-refractivity contribution is 0.495. The van der Waals surface area contributed by atoms with E-state index in [0.717, 1.165) is 24.2 Å². The molecule has 0 aromatic heterocycles. The van der Waals surface area contributed by atoms with Gasteiger partial charge in [0, 0.05) is 22.1 Å². The number of benzene rings is 1. The first-order chi connectivity index (χ1) is 8.86. The lowest BCUT2D eigenvalue weighted by Crippen LogP contribution is -2.28. The van der Waals surface area contributed by atoms with Gasteiger partial charge in [0.25, 0.3) is 0 Å². The second kappa shape index (κ2) is 5.94. The first-order valence-electron chi connectivity index (χ1n) is 6.27. The van der Waals surface area contributed by atoms with Gasteiger partial charge in [-0.3, -0.25) is 0 Å². The van der Waals surface area contributed by atoms with E-state index < -0.39 is 9.84 Å². The van der Waals surface area contributed by atoms with E-state index in [2.05, 4.69) is 0 Å². The van der Waals surface area contributed by atoms with Gasteiger partial charge in [-0.25, -0.2) is 8.42 Å². The molecule has 0 amide bonds. The molecule has 19 heavy (non-hydrogen) atoms. The third-order valence-corrected chi connectivity index (χ3v) is 6.87. The molecule has 106 valence electrons. The lowest BCUT2D eigenvalue weighted by Gasteiger charge is -2.27. The molecular formula is C13H18ClNO2S2. The van der Waals surface area contributed by atoms with Crippen molar-refractivity contribution in [1.82, 2.24) is 0 Å². The zero-order valence-electron chi connectivity index (χ0n) is 10.8. The number of nitrogens with two attached hydrogens (primary N) is 1. The van der Waals surface area contributed by atoms with E-state index in [1.807, 2.05) is 12.1 Å². The predicted octanol–water partition coefficient (Wildman–Crippen LogP) is 3.37. The van der Waals surface area contributed by atoms with Crippen molar-refractivity contribution in [3.63, 3.8) is 0 Å². The maximum atomic E-state index is 11.6. The van der Waals surface area contributed by atoms with Gasteiger partial charge in [-0.05, 0) is 37.5 Å². The first-order valence-corrected chi connectivity index (χ1v) is 9.48. The Morgan fingerprint density at radius 3 is 2.74 bits per heavy atom. The van der Waals surface area contributed by atoms with E-state index in [0.29, 0.717) is 22.4 Å². The first kappa shape index (κ1) is 15.0. The Morgan fingerprint density at radius 1 is 1.37 bits per heavy atom. The van der Waals surface area contributed by atoms with Gasteiger partial charge in [-0.2, -0.15) is 0 Å². The standard InChI is InChI=1S/C13H18ClNO2S2/c1-19(16,17)11-4-2-3-10(8-11)18-13-6-5-9(15)7-12(13)14/h5-7,10-11H,2-4,8,15H2,1H3. The molecule has 1 saturated carbocycles. The van der Waals surface area contributed by atoms with Crippen LogP contribution in [0.3, 0.4) is 0 Å². The van der Waals surface area contributed by atoms with Crippen LogP contribution < -0.4 is 5.73 Å². The largest absolute Gasteiger partial charge is 0.399 e. The minimum atomic E-state index is -2.93. The third kappa shape index (κ3) is 4.04. The molecule has 3 nitrogen and oxygen atoms in total. The average molecular weight is 320 g/mol. The number of hydrogen-bond acceptors (Lipinski definition) is 4. The van der Waals surface area contributed by atoms with Crippen molar-refractivity contribution in [2.45, 2.75) is 41.1 Å². The van der Waals surface area contributed by atoms with E-state index in [4.69, 9.17) is 17.3 Å². The van der Waals surface area contributed by atoms with Crippen molar-refractivity contribution in [1.29, 1.82) is 0 Å². The van der Waals surface area contributed by atoms with Crippen LogP contribution in [0, 0.1) is 0 Å². The van der Waals surface area contributed by atoms with Crippen molar-refractivity contribution in [3.8, 4) is 0 Å². The van der Waals surface area contributed by atoms with E-state index in [1.165, 1.54) is 6.26 Å². The molecule has 0 bridgehead atoms. The number of anilines is 1. The second-order valence-electron chi connectivity index (χ2n) is 5.05. The van der Waals surface area contributed by atoms with E-state index in [9.17, 15) is 8.42 Å². The maximum Gasteiger partial charge on any atom is 0.150 e. The molecule has 1 aromatic carbocycles. The van der Waals surface area contributed by atoms with Crippen LogP contribution in [0.25, 0.3) is 0 Å². The van der Waals surface area contributed by atoms with Crippen molar-refractivity contribution in [3.05, 3.63) is 23.2 Å². The molecule has 0 aliphatic heterocycles. The Bertz CT molecular complexity index is 560. The number of nitrogen functional groups attached to an aromatic ring is 1. The Morgan fingerprint density at radius 2 is 2.11 bits per heavy atom. The molecule has 0 heterocycles. The van der Waals surface area contributed by atoms with Gasteiger partial charge in [0.1, 0.15) is 9.84 Å². The Hall–Kier alpha value is -0.390. The highest BCUT2D eigenvalue weighted by Crippen LogP contribution is 2.39. The summed E-state index contributed by atoms with van der Waals surface area (Å²) >= 11 is 7.82. The van der Waals surface area contributed by atoms with Crippen molar-refractivity contribution < 1.29 is 8.42 Å². The number of sulfone groups is 1. The van der Waals surface area contributed by atoms with Crippen molar-refractivity contribution in [2.24, 2.45) is 0 Å². The van der Waals surface area contributed by atoms with Crippen LogP contribution >= 0.6 is 23.4 Å². The van der Waals surface area contributed by atoms with Gasteiger partial charge in [-0.15, -0.1) is 11.8 Å². The Balaban J connectivity index is 2.07. The molecule has 0 saturated heterocycles. The van der Waals surface area contributed by atoms with E-state index >= 15 is 0 Å². The molecule has 2 atom stereocenters. The van der Waals surface area contributed by atoms with Crippen LogP contribution in [0.2, 0.25) is 5.02 Å². The quantitative estimate of drug-likeness (QED) is 0.868. The summed E-state index contributed by atoms with van der Waals surface area (Å²) in [6, 6.07) is 5.47. The highest BCUT2D eigenvalue weighted by Gasteiger charge is 2.29. The molecule has 0 radical (unpaired) electrons. The van der Waals surface area contributed by atoms with E-state index in [-0.39, 0.29) is 5.25 Å². The highest BCUT2D eigenvalue weighted by atomic mass is 35.5. The molecule has 1 aliphatic rings. The SMILES string of the molecule is CS(=O)(=O)C1CCCC(Sc2ccc(N)cc2Cl)C1. The molecule has 1 aliphatic carbocycles. The molecule has 1 aromatic rings. The predicted molar refractivity (Wildman–Crippen MR) is 82.6 cm³/mol. The van der Waals surface area contributed by atoms with E-state index in [1.54, 1.807) is 17.8 Å². The minimum Gasteiger partial charge on any atom is -0.399 e. The number of hydrogen-bond donors (Lipinski definition) is 1. The van der Waals surface area contributed by atoms with Crippen LogP contribution in [0.4, 0.5) is 5.69 Å². The second-order valence-corrected chi connectivity index (χ2v) is 9.12. The monoisotopic (exact) mass is 319 g/mol. The van der Waals surface area contributed by atoms with Gasteiger partial charge >= 0.3 is 0 Å². The fraction of sp³-hybridized carbons (Fsp3) is 0.538. The van der Waals surface area contributed by atoms with Gasteiger partial charge in [0.2, 0.25) is 0 Å². The molecule has 2 N–H and O–H groups in total. The normalized spacial score (nSPS) is 24.3. The van der Waals surface area contributed by atoms with Gasteiger partial charge < -0.3 is 5.73 Å². The summed E-state index contributed by atoms with van der Waals surface area (Å²) in [5, 5.41) is 0.757. The summed E-state index contributed by atoms with van der Waals surface area (Å²) < 4.78 is 23.3. The minimum absolute atomic E-state index is 0.202. The van der Waals surface area contributed by atoms with Crippen LogP contribution in [0.5, 0.6) is 0 Å². The summed E-state index contributed by atoms with van der Waals surface area (Å²) in [5.74, 6) is 0. The highest BCUT2D eigenvalue weighted by molar-refractivity contribution is 8.00. The average Bonchev–Trinajstić information content (AvgIpc) is 2.32. The smallest absolute Gasteiger partial charge is 0.150 e. The zero-order valence-corrected chi connectivity index (χ0v) is 13.2. The molecule has 1 fully saturated rings. The third-order valence-electron chi connectivity index (χ3n) is 3.43. The zero-order chi connectivity index (χ0) is 14.0. The molecular weight excluding hydrogens is 302 g/mol. The van der Waals surface area contributed by atoms with Crippen LogP contribution in [-0.2, 0) is 9.84 Å². The fourth-order valence-corrected chi connectivity index (χ4v) is 5.30. The lowest BCUT2D eigenvalue weighted by atomic mass is 10.00. The Kier molecular flexibility index (Phi) is 4.69. The Labute approximate surface area is 123 Å². The van der Waals surface area contributed by atoms with Crippen LogP contribution in [0.1, 0.15) is 25.7 Å². The molecule has 2 rings (SSSR count). The summed E-state index contributed by atoms with van der Waals surface area (Å²) in [6.45, 7) is 0. The van der Waals surface area contributed by atoms with Crippen molar-refractivity contribution >= 4 is 38.9 Å². The molecule has 2 unspecified atom stereocenters.